The monoisotopic (exact) mass is 386 g/mol. The summed E-state index contributed by atoms with van der Waals surface area (Å²) in [6.45, 7) is 5.14. The predicted octanol–water partition coefficient (Wildman–Crippen LogP) is 2.64. The maximum absolute atomic E-state index is 12.6. The number of benzene rings is 1. The van der Waals surface area contributed by atoms with E-state index >= 15 is 0 Å². The van der Waals surface area contributed by atoms with Crippen molar-refractivity contribution in [2.75, 3.05) is 31.1 Å². The van der Waals surface area contributed by atoms with E-state index < -0.39 is 0 Å². The SMILES string of the molecule is CC(CN1CCCC1=O)NC(=O)C1CCN(c2nc3ccccc3s2)CC1. The molecule has 0 radical (unpaired) electrons. The Morgan fingerprint density at radius 2 is 2.07 bits per heavy atom. The van der Waals surface area contributed by atoms with E-state index in [-0.39, 0.29) is 23.8 Å². The van der Waals surface area contributed by atoms with Crippen LogP contribution in [-0.4, -0.2) is 53.9 Å². The smallest absolute Gasteiger partial charge is 0.223 e. The molecule has 27 heavy (non-hydrogen) atoms. The van der Waals surface area contributed by atoms with E-state index in [1.165, 1.54) is 4.70 Å². The summed E-state index contributed by atoms with van der Waals surface area (Å²) in [5.41, 5.74) is 1.04. The molecule has 2 fully saturated rings. The summed E-state index contributed by atoms with van der Waals surface area (Å²) in [7, 11) is 0. The van der Waals surface area contributed by atoms with Crippen molar-refractivity contribution in [1.29, 1.82) is 0 Å². The molecule has 0 bridgehead atoms. The molecule has 0 spiro atoms. The minimum atomic E-state index is 0.00171. The van der Waals surface area contributed by atoms with Crippen LogP contribution in [0, 0.1) is 5.92 Å². The molecule has 2 amide bonds. The molecule has 2 saturated heterocycles. The number of rotatable bonds is 5. The highest BCUT2D eigenvalue weighted by Gasteiger charge is 2.28. The van der Waals surface area contributed by atoms with Gasteiger partial charge in [0.2, 0.25) is 11.8 Å². The van der Waals surface area contributed by atoms with Crippen LogP contribution in [0.5, 0.6) is 0 Å². The number of nitrogens with one attached hydrogen (secondary N) is 1. The Morgan fingerprint density at radius 1 is 1.30 bits per heavy atom. The largest absolute Gasteiger partial charge is 0.352 e. The van der Waals surface area contributed by atoms with Crippen LogP contribution in [0.15, 0.2) is 24.3 Å². The minimum absolute atomic E-state index is 0.00171. The summed E-state index contributed by atoms with van der Waals surface area (Å²) in [6.07, 6.45) is 3.27. The van der Waals surface area contributed by atoms with Crippen LogP contribution >= 0.6 is 11.3 Å². The van der Waals surface area contributed by atoms with Crippen LogP contribution in [0.25, 0.3) is 10.2 Å². The Balaban J connectivity index is 1.28. The number of fused-ring (bicyclic) bond motifs is 1. The van der Waals surface area contributed by atoms with E-state index in [0.29, 0.717) is 13.0 Å². The first kappa shape index (κ1) is 18.2. The van der Waals surface area contributed by atoms with Crippen LogP contribution < -0.4 is 10.2 Å². The molecule has 1 atom stereocenters. The number of nitrogens with zero attached hydrogens (tertiary/aromatic N) is 3. The lowest BCUT2D eigenvalue weighted by Gasteiger charge is -2.32. The molecule has 1 unspecified atom stereocenters. The quantitative estimate of drug-likeness (QED) is 0.858. The molecule has 1 aromatic carbocycles. The number of carbonyl (C=O) groups is 2. The summed E-state index contributed by atoms with van der Waals surface area (Å²) in [4.78, 5) is 33.2. The van der Waals surface area contributed by atoms with Gasteiger partial charge in [-0.05, 0) is 38.3 Å². The van der Waals surface area contributed by atoms with Gasteiger partial charge < -0.3 is 15.1 Å². The number of amides is 2. The number of likely N-dealkylation sites (tertiary alicyclic amines) is 1. The first-order chi connectivity index (χ1) is 13.1. The lowest BCUT2D eigenvalue weighted by Crippen LogP contribution is -2.47. The number of carbonyl (C=O) groups excluding carboxylic acids is 2. The Labute approximate surface area is 163 Å². The average Bonchev–Trinajstić information content (AvgIpc) is 3.28. The van der Waals surface area contributed by atoms with Crippen molar-refractivity contribution in [2.45, 2.75) is 38.6 Å². The second kappa shape index (κ2) is 7.84. The molecule has 1 aromatic heterocycles. The maximum atomic E-state index is 12.6. The second-order valence-electron chi connectivity index (χ2n) is 7.58. The van der Waals surface area contributed by atoms with Crippen LogP contribution in [-0.2, 0) is 9.59 Å². The first-order valence-electron chi connectivity index (χ1n) is 9.79. The molecule has 0 saturated carbocycles. The van der Waals surface area contributed by atoms with Crippen LogP contribution in [0.3, 0.4) is 0 Å². The zero-order chi connectivity index (χ0) is 18.8. The molecule has 3 heterocycles. The summed E-state index contributed by atoms with van der Waals surface area (Å²) >= 11 is 1.72. The first-order valence-corrected chi connectivity index (χ1v) is 10.6. The van der Waals surface area contributed by atoms with E-state index in [2.05, 4.69) is 16.3 Å². The molecule has 2 aliphatic rings. The van der Waals surface area contributed by atoms with Crippen molar-refractivity contribution in [2.24, 2.45) is 5.92 Å². The lowest BCUT2D eigenvalue weighted by atomic mass is 9.96. The third-order valence-corrected chi connectivity index (χ3v) is 6.57. The van der Waals surface area contributed by atoms with Gasteiger partial charge >= 0.3 is 0 Å². The standard InChI is InChI=1S/C20H26N4O2S/c1-14(13-24-10-4-7-18(24)25)21-19(26)15-8-11-23(12-9-15)20-22-16-5-2-3-6-17(16)27-20/h2-3,5-6,14-15H,4,7-13H2,1H3,(H,21,26). The van der Waals surface area contributed by atoms with Gasteiger partial charge in [-0.2, -0.15) is 0 Å². The van der Waals surface area contributed by atoms with Gasteiger partial charge in [0, 0.05) is 44.6 Å². The van der Waals surface area contributed by atoms with E-state index in [9.17, 15) is 9.59 Å². The van der Waals surface area contributed by atoms with Crippen LogP contribution in [0.1, 0.15) is 32.6 Å². The highest BCUT2D eigenvalue weighted by molar-refractivity contribution is 7.22. The van der Waals surface area contributed by atoms with Gasteiger partial charge in [0.05, 0.1) is 10.2 Å². The molecule has 1 N–H and O–H groups in total. The van der Waals surface area contributed by atoms with E-state index in [1.807, 2.05) is 30.0 Å². The zero-order valence-corrected chi connectivity index (χ0v) is 16.5. The molecule has 2 aromatic rings. The van der Waals surface area contributed by atoms with E-state index in [1.54, 1.807) is 11.3 Å². The van der Waals surface area contributed by atoms with Crippen molar-refractivity contribution in [3.8, 4) is 0 Å². The average molecular weight is 387 g/mol. The van der Waals surface area contributed by atoms with Crippen LogP contribution in [0.2, 0.25) is 0 Å². The van der Waals surface area contributed by atoms with E-state index in [0.717, 1.165) is 49.5 Å². The Morgan fingerprint density at radius 3 is 2.78 bits per heavy atom. The fourth-order valence-electron chi connectivity index (χ4n) is 3.96. The predicted molar refractivity (Wildman–Crippen MR) is 108 cm³/mol. The van der Waals surface area contributed by atoms with Gasteiger partial charge in [0.1, 0.15) is 0 Å². The van der Waals surface area contributed by atoms with Crippen molar-refractivity contribution in [3.63, 3.8) is 0 Å². The number of thiazole rings is 1. The molecule has 0 aliphatic carbocycles. The fourth-order valence-corrected chi connectivity index (χ4v) is 4.98. The van der Waals surface area contributed by atoms with Gasteiger partial charge in [-0.1, -0.05) is 23.5 Å². The van der Waals surface area contributed by atoms with Gasteiger partial charge in [0.25, 0.3) is 0 Å². The van der Waals surface area contributed by atoms with E-state index in [4.69, 9.17) is 4.98 Å². The van der Waals surface area contributed by atoms with Gasteiger partial charge in [-0.3, -0.25) is 9.59 Å². The normalized spacial score (nSPS) is 19.7. The van der Waals surface area contributed by atoms with Crippen molar-refractivity contribution < 1.29 is 9.59 Å². The lowest BCUT2D eigenvalue weighted by molar-refractivity contribution is -0.130. The Kier molecular flexibility index (Phi) is 5.29. The minimum Gasteiger partial charge on any atom is -0.352 e. The summed E-state index contributed by atoms with van der Waals surface area (Å²) in [5, 5.41) is 4.16. The van der Waals surface area contributed by atoms with Gasteiger partial charge in [0.15, 0.2) is 5.13 Å². The number of piperidine rings is 1. The highest BCUT2D eigenvalue weighted by atomic mass is 32.1. The molecular formula is C20H26N4O2S. The molecule has 7 heteroatoms. The highest BCUT2D eigenvalue weighted by Crippen LogP contribution is 2.31. The number of aromatic nitrogens is 1. The summed E-state index contributed by atoms with van der Waals surface area (Å²) < 4.78 is 1.21. The third-order valence-electron chi connectivity index (χ3n) is 5.47. The molecule has 4 rings (SSSR count). The maximum Gasteiger partial charge on any atom is 0.223 e. The van der Waals surface area contributed by atoms with Gasteiger partial charge in [-0.15, -0.1) is 0 Å². The zero-order valence-electron chi connectivity index (χ0n) is 15.7. The molecular weight excluding hydrogens is 360 g/mol. The van der Waals surface area contributed by atoms with Crippen LogP contribution in [0.4, 0.5) is 5.13 Å². The second-order valence-corrected chi connectivity index (χ2v) is 8.59. The number of anilines is 1. The molecule has 144 valence electrons. The molecule has 6 nitrogen and oxygen atoms in total. The Hall–Kier alpha value is -2.15. The fraction of sp³-hybridized carbons (Fsp3) is 0.550. The number of para-hydroxylation sites is 1. The number of hydrogen-bond donors (Lipinski definition) is 1. The van der Waals surface area contributed by atoms with Crippen molar-refractivity contribution in [1.82, 2.24) is 15.2 Å². The topological polar surface area (TPSA) is 65.5 Å². The Bertz CT molecular complexity index is 795. The van der Waals surface area contributed by atoms with Gasteiger partial charge in [-0.25, -0.2) is 4.98 Å². The third kappa shape index (κ3) is 4.08. The van der Waals surface area contributed by atoms with Crippen molar-refractivity contribution in [3.05, 3.63) is 24.3 Å². The number of hydrogen-bond acceptors (Lipinski definition) is 5. The van der Waals surface area contributed by atoms with Crippen molar-refractivity contribution >= 4 is 38.5 Å². The summed E-state index contributed by atoms with van der Waals surface area (Å²) in [5.74, 6) is 0.380. The summed E-state index contributed by atoms with van der Waals surface area (Å²) in [6, 6.07) is 8.20. The molecule has 2 aliphatic heterocycles.